The molecule has 0 radical (unpaired) electrons. The quantitative estimate of drug-likeness (QED) is 0.750. The van der Waals surface area contributed by atoms with E-state index in [1.165, 1.54) is 15.3 Å². The van der Waals surface area contributed by atoms with Crippen LogP contribution in [0.2, 0.25) is 0 Å². The van der Waals surface area contributed by atoms with Gasteiger partial charge >= 0.3 is 0 Å². The van der Waals surface area contributed by atoms with Crippen LogP contribution in [-0.2, 0) is 6.54 Å². The van der Waals surface area contributed by atoms with Crippen LogP contribution in [0, 0.1) is 25.2 Å². The topological polar surface area (TPSA) is 35.8 Å². The number of thiophene rings is 1. The SMILES string of the molecule is Cc1cc(CNCCCCC#N)sc1C. The second-order valence-corrected chi connectivity index (χ2v) is 5.08. The molecular formula is C12H18N2S. The fraction of sp³-hybridized carbons (Fsp3) is 0.583. The number of rotatable bonds is 6. The molecule has 0 spiro atoms. The summed E-state index contributed by atoms with van der Waals surface area (Å²) in [6.45, 7) is 6.29. The molecule has 0 fully saturated rings. The molecule has 3 heteroatoms. The van der Waals surface area contributed by atoms with Gasteiger partial charge in [0.1, 0.15) is 0 Å². The minimum atomic E-state index is 0.679. The lowest BCUT2D eigenvalue weighted by Crippen LogP contribution is -2.13. The van der Waals surface area contributed by atoms with E-state index in [1.54, 1.807) is 0 Å². The van der Waals surface area contributed by atoms with Gasteiger partial charge in [0, 0.05) is 22.7 Å². The zero-order valence-electron chi connectivity index (χ0n) is 9.47. The standard InChI is InChI=1S/C12H18N2S/c1-10-8-12(15-11(10)2)9-14-7-5-3-4-6-13/h8,14H,3-5,7,9H2,1-2H3. The van der Waals surface area contributed by atoms with Crippen LogP contribution >= 0.6 is 11.3 Å². The Labute approximate surface area is 95.9 Å². The first kappa shape index (κ1) is 12.2. The summed E-state index contributed by atoms with van der Waals surface area (Å²) >= 11 is 1.87. The lowest BCUT2D eigenvalue weighted by Gasteiger charge is -2.00. The first-order valence-electron chi connectivity index (χ1n) is 5.37. The van der Waals surface area contributed by atoms with Gasteiger partial charge < -0.3 is 5.32 Å². The van der Waals surface area contributed by atoms with E-state index in [0.29, 0.717) is 6.42 Å². The van der Waals surface area contributed by atoms with Crippen molar-refractivity contribution in [1.29, 1.82) is 5.26 Å². The molecule has 0 unspecified atom stereocenters. The van der Waals surface area contributed by atoms with Gasteiger partial charge in [0.05, 0.1) is 6.07 Å². The number of unbranched alkanes of at least 4 members (excludes halogenated alkanes) is 2. The number of nitrogens with one attached hydrogen (secondary N) is 1. The zero-order valence-corrected chi connectivity index (χ0v) is 10.3. The van der Waals surface area contributed by atoms with E-state index in [4.69, 9.17) is 5.26 Å². The van der Waals surface area contributed by atoms with Gasteiger partial charge in [-0.2, -0.15) is 5.26 Å². The van der Waals surface area contributed by atoms with Gasteiger partial charge in [0.15, 0.2) is 0 Å². The van der Waals surface area contributed by atoms with E-state index in [-0.39, 0.29) is 0 Å². The van der Waals surface area contributed by atoms with E-state index in [0.717, 1.165) is 25.9 Å². The third-order valence-corrected chi connectivity index (χ3v) is 3.56. The van der Waals surface area contributed by atoms with Crippen molar-refractivity contribution in [3.05, 3.63) is 21.4 Å². The number of hydrogen-bond donors (Lipinski definition) is 1. The largest absolute Gasteiger partial charge is 0.312 e. The number of hydrogen-bond acceptors (Lipinski definition) is 3. The molecule has 82 valence electrons. The van der Waals surface area contributed by atoms with Gasteiger partial charge in [0.2, 0.25) is 0 Å². The second kappa shape index (κ2) is 6.60. The molecule has 1 aromatic heterocycles. The minimum Gasteiger partial charge on any atom is -0.312 e. The summed E-state index contributed by atoms with van der Waals surface area (Å²) in [5.74, 6) is 0. The van der Waals surface area contributed by atoms with Gasteiger partial charge in [0.25, 0.3) is 0 Å². The fourth-order valence-corrected chi connectivity index (χ4v) is 2.43. The smallest absolute Gasteiger partial charge is 0.0621 e. The Bertz CT molecular complexity index is 316. The third-order valence-electron chi connectivity index (χ3n) is 2.41. The maximum atomic E-state index is 8.37. The maximum absolute atomic E-state index is 8.37. The Morgan fingerprint density at radius 2 is 2.20 bits per heavy atom. The number of aryl methyl sites for hydroxylation is 2. The van der Waals surface area contributed by atoms with Crippen molar-refractivity contribution in [3.63, 3.8) is 0 Å². The normalized spacial score (nSPS) is 10.2. The molecule has 0 saturated carbocycles. The molecule has 0 saturated heterocycles. The van der Waals surface area contributed by atoms with E-state index in [1.807, 2.05) is 11.3 Å². The van der Waals surface area contributed by atoms with Crippen LogP contribution in [0.15, 0.2) is 6.07 Å². The summed E-state index contributed by atoms with van der Waals surface area (Å²) in [6.07, 6.45) is 2.78. The van der Waals surface area contributed by atoms with E-state index < -0.39 is 0 Å². The molecular weight excluding hydrogens is 204 g/mol. The average Bonchev–Trinajstić information content (AvgIpc) is 2.52. The van der Waals surface area contributed by atoms with Gasteiger partial charge in [-0.1, -0.05) is 0 Å². The highest BCUT2D eigenvalue weighted by molar-refractivity contribution is 7.12. The molecule has 0 aliphatic rings. The zero-order chi connectivity index (χ0) is 11.1. The molecule has 0 amide bonds. The Hall–Kier alpha value is -0.850. The minimum absolute atomic E-state index is 0.679. The Morgan fingerprint density at radius 3 is 2.80 bits per heavy atom. The average molecular weight is 222 g/mol. The van der Waals surface area contributed by atoms with Crippen molar-refractivity contribution in [3.8, 4) is 6.07 Å². The summed E-state index contributed by atoms with van der Waals surface area (Å²) in [5.41, 5.74) is 1.39. The van der Waals surface area contributed by atoms with Crippen molar-refractivity contribution >= 4 is 11.3 Å². The van der Waals surface area contributed by atoms with Gasteiger partial charge in [-0.05, 0) is 44.9 Å². The first-order valence-corrected chi connectivity index (χ1v) is 6.19. The van der Waals surface area contributed by atoms with Gasteiger partial charge in [-0.25, -0.2) is 0 Å². The first-order chi connectivity index (χ1) is 7.24. The predicted molar refractivity (Wildman–Crippen MR) is 65.0 cm³/mol. The number of nitrogens with zero attached hydrogens (tertiary/aromatic N) is 1. The lowest BCUT2D eigenvalue weighted by molar-refractivity contribution is 0.632. The molecule has 1 N–H and O–H groups in total. The molecule has 1 heterocycles. The van der Waals surface area contributed by atoms with Crippen LogP contribution in [-0.4, -0.2) is 6.54 Å². The van der Waals surface area contributed by atoms with Crippen LogP contribution in [0.1, 0.15) is 34.6 Å². The summed E-state index contributed by atoms with van der Waals surface area (Å²) in [7, 11) is 0. The molecule has 0 atom stereocenters. The summed E-state index contributed by atoms with van der Waals surface area (Å²) in [6, 6.07) is 4.41. The highest BCUT2D eigenvalue weighted by atomic mass is 32.1. The molecule has 0 aliphatic heterocycles. The molecule has 2 nitrogen and oxygen atoms in total. The molecule has 0 aliphatic carbocycles. The predicted octanol–water partition coefficient (Wildman–Crippen LogP) is 3.15. The van der Waals surface area contributed by atoms with Crippen molar-refractivity contribution in [2.75, 3.05) is 6.54 Å². The maximum Gasteiger partial charge on any atom is 0.0621 e. The summed E-state index contributed by atoms with van der Waals surface area (Å²) in [5, 5.41) is 11.8. The van der Waals surface area contributed by atoms with Crippen molar-refractivity contribution in [2.24, 2.45) is 0 Å². The van der Waals surface area contributed by atoms with Gasteiger partial charge in [-0.15, -0.1) is 11.3 Å². The molecule has 0 aromatic carbocycles. The highest BCUT2D eigenvalue weighted by Crippen LogP contribution is 2.20. The van der Waals surface area contributed by atoms with Crippen molar-refractivity contribution in [2.45, 2.75) is 39.7 Å². The monoisotopic (exact) mass is 222 g/mol. The van der Waals surface area contributed by atoms with Crippen LogP contribution in [0.25, 0.3) is 0 Å². The van der Waals surface area contributed by atoms with E-state index in [2.05, 4.69) is 31.3 Å². The van der Waals surface area contributed by atoms with Crippen LogP contribution in [0.4, 0.5) is 0 Å². The van der Waals surface area contributed by atoms with Crippen LogP contribution < -0.4 is 5.32 Å². The summed E-state index contributed by atoms with van der Waals surface area (Å²) < 4.78 is 0. The Morgan fingerprint density at radius 1 is 1.40 bits per heavy atom. The molecule has 15 heavy (non-hydrogen) atoms. The van der Waals surface area contributed by atoms with E-state index >= 15 is 0 Å². The van der Waals surface area contributed by atoms with Gasteiger partial charge in [-0.3, -0.25) is 0 Å². The third kappa shape index (κ3) is 4.46. The summed E-state index contributed by atoms with van der Waals surface area (Å²) in [4.78, 5) is 2.82. The molecule has 1 rings (SSSR count). The highest BCUT2D eigenvalue weighted by Gasteiger charge is 2.00. The molecule has 0 bridgehead atoms. The Balaban J connectivity index is 2.13. The number of nitriles is 1. The fourth-order valence-electron chi connectivity index (χ4n) is 1.40. The van der Waals surface area contributed by atoms with E-state index in [9.17, 15) is 0 Å². The second-order valence-electron chi connectivity index (χ2n) is 3.74. The Kier molecular flexibility index (Phi) is 5.38. The van der Waals surface area contributed by atoms with Crippen molar-refractivity contribution < 1.29 is 0 Å². The van der Waals surface area contributed by atoms with Crippen LogP contribution in [0.3, 0.4) is 0 Å². The van der Waals surface area contributed by atoms with Crippen LogP contribution in [0.5, 0.6) is 0 Å². The van der Waals surface area contributed by atoms with Crippen molar-refractivity contribution in [1.82, 2.24) is 5.32 Å². The lowest BCUT2D eigenvalue weighted by atomic mass is 10.2. The molecule has 1 aromatic rings.